The summed E-state index contributed by atoms with van der Waals surface area (Å²) in [5.41, 5.74) is 0.680. The van der Waals surface area contributed by atoms with Gasteiger partial charge in [0.1, 0.15) is 6.61 Å². The summed E-state index contributed by atoms with van der Waals surface area (Å²) in [5, 5.41) is 9.09. The Balaban J connectivity index is 2.76. The van der Waals surface area contributed by atoms with Crippen molar-refractivity contribution < 1.29 is 23.0 Å². The number of sulfone groups is 1. The number of hydrogen-bond donors (Lipinski definition) is 1. The van der Waals surface area contributed by atoms with Gasteiger partial charge in [-0.1, -0.05) is 6.07 Å². The predicted octanol–water partition coefficient (Wildman–Crippen LogP) is 1.78. The van der Waals surface area contributed by atoms with Gasteiger partial charge < -0.3 is 14.6 Å². The summed E-state index contributed by atoms with van der Waals surface area (Å²) >= 11 is 0. The quantitative estimate of drug-likeness (QED) is 0.867. The summed E-state index contributed by atoms with van der Waals surface area (Å²) in [6, 6.07) is 5.04. The average molecular weight is 302 g/mol. The van der Waals surface area contributed by atoms with E-state index in [2.05, 4.69) is 0 Å². The minimum atomic E-state index is -3.22. The van der Waals surface area contributed by atoms with Crippen LogP contribution in [0.5, 0.6) is 11.5 Å². The van der Waals surface area contributed by atoms with Crippen molar-refractivity contribution in [2.24, 2.45) is 0 Å². The molecule has 0 spiro atoms. The molecule has 5 nitrogen and oxygen atoms in total. The fraction of sp³-hybridized carbons (Fsp3) is 0.571. The smallest absolute Gasteiger partial charge is 0.161 e. The fourth-order valence-corrected chi connectivity index (χ4v) is 2.41. The summed E-state index contributed by atoms with van der Waals surface area (Å²) in [4.78, 5) is 0. The summed E-state index contributed by atoms with van der Waals surface area (Å²) in [5.74, 6) is 0.877. The summed E-state index contributed by atoms with van der Waals surface area (Å²) < 4.78 is 33.8. The van der Waals surface area contributed by atoms with Crippen molar-refractivity contribution in [3.63, 3.8) is 0 Å². The molecule has 1 N–H and O–H groups in total. The molecule has 0 saturated heterocycles. The Hall–Kier alpha value is -1.27. The van der Waals surface area contributed by atoms with Crippen LogP contribution in [0.2, 0.25) is 0 Å². The standard InChI is InChI=1S/C14H22O5S/c1-14(2,3)20(16,17)8-7-19-13-9-11(10-15)5-6-12(13)18-4/h5-6,9,15H,7-8,10H2,1-4H3. The lowest BCUT2D eigenvalue weighted by Gasteiger charge is -2.19. The highest BCUT2D eigenvalue weighted by Gasteiger charge is 2.28. The minimum Gasteiger partial charge on any atom is -0.493 e. The molecule has 20 heavy (non-hydrogen) atoms. The molecular weight excluding hydrogens is 280 g/mol. The molecule has 0 aliphatic heterocycles. The van der Waals surface area contributed by atoms with Gasteiger partial charge in [-0.2, -0.15) is 0 Å². The topological polar surface area (TPSA) is 72.8 Å². The van der Waals surface area contributed by atoms with Gasteiger partial charge in [-0.25, -0.2) is 8.42 Å². The Morgan fingerprint density at radius 1 is 1.20 bits per heavy atom. The molecule has 0 saturated carbocycles. The van der Waals surface area contributed by atoms with Crippen LogP contribution >= 0.6 is 0 Å². The molecule has 6 heteroatoms. The molecule has 0 bridgehead atoms. The summed E-state index contributed by atoms with van der Waals surface area (Å²) in [6.45, 7) is 4.92. The van der Waals surface area contributed by atoms with Crippen molar-refractivity contribution in [1.29, 1.82) is 0 Å². The molecule has 0 atom stereocenters. The number of ether oxygens (including phenoxy) is 2. The van der Waals surface area contributed by atoms with E-state index in [1.54, 1.807) is 39.0 Å². The molecule has 1 rings (SSSR count). The lowest BCUT2D eigenvalue weighted by atomic mass is 10.2. The van der Waals surface area contributed by atoms with Crippen molar-refractivity contribution in [2.45, 2.75) is 32.1 Å². The van der Waals surface area contributed by atoms with E-state index in [9.17, 15) is 8.42 Å². The molecule has 0 heterocycles. The maximum atomic E-state index is 12.0. The van der Waals surface area contributed by atoms with Crippen molar-refractivity contribution in [2.75, 3.05) is 19.5 Å². The zero-order valence-electron chi connectivity index (χ0n) is 12.3. The number of benzene rings is 1. The fourth-order valence-electron chi connectivity index (χ4n) is 1.50. The van der Waals surface area contributed by atoms with Gasteiger partial charge in [-0.15, -0.1) is 0 Å². The Kier molecular flexibility index (Phi) is 5.42. The van der Waals surface area contributed by atoms with E-state index >= 15 is 0 Å². The third-order valence-corrected chi connectivity index (χ3v) is 5.52. The van der Waals surface area contributed by atoms with Crippen LogP contribution < -0.4 is 9.47 Å². The number of rotatable bonds is 6. The van der Waals surface area contributed by atoms with Gasteiger partial charge in [0.2, 0.25) is 0 Å². The van der Waals surface area contributed by atoms with Gasteiger partial charge in [0.05, 0.1) is 24.2 Å². The van der Waals surface area contributed by atoms with E-state index in [-0.39, 0.29) is 19.0 Å². The molecule has 1 aromatic rings. The summed E-state index contributed by atoms with van der Waals surface area (Å²) in [7, 11) is -1.71. The van der Waals surface area contributed by atoms with Crippen LogP contribution in [-0.2, 0) is 16.4 Å². The van der Waals surface area contributed by atoms with Gasteiger partial charge >= 0.3 is 0 Å². The lowest BCUT2D eigenvalue weighted by molar-refractivity contribution is 0.278. The van der Waals surface area contributed by atoms with Crippen molar-refractivity contribution >= 4 is 9.84 Å². The Labute approximate surface area is 120 Å². The van der Waals surface area contributed by atoms with E-state index in [0.29, 0.717) is 17.1 Å². The van der Waals surface area contributed by atoms with E-state index in [1.165, 1.54) is 7.11 Å². The van der Waals surface area contributed by atoms with E-state index in [1.807, 2.05) is 0 Å². The number of methoxy groups -OCH3 is 1. The van der Waals surface area contributed by atoms with Gasteiger partial charge in [-0.3, -0.25) is 0 Å². The highest BCUT2D eigenvalue weighted by molar-refractivity contribution is 7.92. The molecular formula is C14H22O5S. The average Bonchev–Trinajstić information content (AvgIpc) is 2.37. The molecule has 0 unspecified atom stereocenters. The molecule has 0 amide bonds. The van der Waals surface area contributed by atoms with Crippen molar-refractivity contribution in [3.05, 3.63) is 23.8 Å². The van der Waals surface area contributed by atoms with Crippen LogP contribution in [0.1, 0.15) is 26.3 Å². The Bertz CT molecular complexity index is 543. The maximum Gasteiger partial charge on any atom is 0.161 e. The second-order valence-corrected chi connectivity index (χ2v) is 8.29. The first-order chi connectivity index (χ1) is 9.21. The highest BCUT2D eigenvalue weighted by Crippen LogP contribution is 2.28. The SMILES string of the molecule is COc1ccc(CO)cc1OCCS(=O)(=O)C(C)(C)C. The first kappa shape index (κ1) is 16.8. The number of hydrogen-bond acceptors (Lipinski definition) is 5. The van der Waals surface area contributed by atoms with Crippen LogP contribution in [-0.4, -0.2) is 37.7 Å². The Morgan fingerprint density at radius 3 is 2.35 bits per heavy atom. The van der Waals surface area contributed by atoms with Crippen molar-refractivity contribution in [1.82, 2.24) is 0 Å². The number of aliphatic hydroxyl groups excluding tert-OH is 1. The molecule has 1 aromatic carbocycles. The minimum absolute atomic E-state index is 0.0465. The van der Waals surface area contributed by atoms with Crippen LogP contribution in [0.4, 0.5) is 0 Å². The number of aliphatic hydroxyl groups is 1. The summed E-state index contributed by atoms with van der Waals surface area (Å²) in [6.07, 6.45) is 0. The second-order valence-electron chi connectivity index (χ2n) is 5.42. The zero-order chi connectivity index (χ0) is 15.4. The maximum absolute atomic E-state index is 12.0. The van der Waals surface area contributed by atoms with Crippen LogP contribution in [0.25, 0.3) is 0 Å². The first-order valence-electron chi connectivity index (χ1n) is 6.34. The van der Waals surface area contributed by atoms with Crippen LogP contribution in [0.15, 0.2) is 18.2 Å². The largest absolute Gasteiger partial charge is 0.493 e. The van der Waals surface area contributed by atoms with Gasteiger partial charge in [-0.05, 0) is 38.5 Å². The second kappa shape index (κ2) is 6.45. The van der Waals surface area contributed by atoms with Crippen LogP contribution in [0.3, 0.4) is 0 Å². The Morgan fingerprint density at radius 2 is 1.85 bits per heavy atom. The normalized spacial score (nSPS) is 12.2. The van der Waals surface area contributed by atoms with Crippen LogP contribution in [0, 0.1) is 0 Å². The third-order valence-electron chi connectivity index (χ3n) is 2.95. The molecule has 114 valence electrons. The predicted molar refractivity (Wildman–Crippen MR) is 78.0 cm³/mol. The zero-order valence-corrected chi connectivity index (χ0v) is 13.2. The van der Waals surface area contributed by atoms with Crippen molar-refractivity contribution in [3.8, 4) is 11.5 Å². The molecule has 0 aromatic heterocycles. The monoisotopic (exact) mass is 302 g/mol. The molecule has 0 fully saturated rings. The van der Waals surface area contributed by atoms with E-state index < -0.39 is 14.6 Å². The van der Waals surface area contributed by atoms with Gasteiger partial charge in [0.25, 0.3) is 0 Å². The molecule has 0 radical (unpaired) electrons. The van der Waals surface area contributed by atoms with E-state index in [0.717, 1.165) is 0 Å². The lowest BCUT2D eigenvalue weighted by Crippen LogP contribution is -2.32. The third kappa shape index (κ3) is 4.11. The molecule has 0 aliphatic rings. The highest BCUT2D eigenvalue weighted by atomic mass is 32.2. The van der Waals surface area contributed by atoms with Gasteiger partial charge in [0.15, 0.2) is 21.3 Å². The van der Waals surface area contributed by atoms with E-state index in [4.69, 9.17) is 14.6 Å². The first-order valence-corrected chi connectivity index (χ1v) is 7.99. The molecule has 0 aliphatic carbocycles. The van der Waals surface area contributed by atoms with Gasteiger partial charge in [0, 0.05) is 0 Å².